The van der Waals surface area contributed by atoms with E-state index in [1.807, 2.05) is 50.2 Å². The Labute approximate surface area is 129 Å². The van der Waals surface area contributed by atoms with Crippen LogP contribution in [-0.2, 0) is 9.53 Å². The number of nitrogens with one attached hydrogen (secondary N) is 1. The molecule has 0 aliphatic heterocycles. The molecule has 0 saturated heterocycles. The number of aryl methyl sites for hydroxylation is 2. The molecular weight excluding hydrogens is 286 g/mol. The largest absolute Gasteiger partial charge is 0.467 e. The van der Waals surface area contributed by atoms with Crippen molar-refractivity contribution < 1.29 is 9.53 Å². The van der Waals surface area contributed by atoms with E-state index in [0.717, 1.165) is 22.4 Å². The summed E-state index contributed by atoms with van der Waals surface area (Å²) >= 11 is 6.16. The van der Waals surface area contributed by atoms with Gasteiger partial charge in [0.2, 0.25) is 0 Å². The van der Waals surface area contributed by atoms with Gasteiger partial charge in [-0.3, -0.25) is 0 Å². The molecule has 21 heavy (non-hydrogen) atoms. The Kier molecular flexibility index (Phi) is 4.86. The topological polar surface area (TPSA) is 38.3 Å². The summed E-state index contributed by atoms with van der Waals surface area (Å²) in [6, 6.07) is 12.8. The maximum atomic E-state index is 12.1. The Morgan fingerprint density at radius 3 is 2.48 bits per heavy atom. The minimum Gasteiger partial charge on any atom is -0.467 e. The number of para-hydroxylation sites is 1. The van der Waals surface area contributed by atoms with E-state index in [1.165, 1.54) is 7.11 Å². The van der Waals surface area contributed by atoms with Crippen LogP contribution in [-0.4, -0.2) is 13.1 Å². The molecule has 4 heteroatoms. The van der Waals surface area contributed by atoms with Crippen molar-refractivity contribution in [2.45, 2.75) is 19.9 Å². The maximum absolute atomic E-state index is 12.1. The minimum atomic E-state index is -0.589. The Morgan fingerprint density at radius 2 is 1.86 bits per heavy atom. The lowest BCUT2D eigenvalue weighted by Crippen LogP contribution is -2.22. The summed E-state index contributed by atoms with van der Waals surface area (Å²) < 4.78 is 4.90. The molecule has 0 heterocycles. The van der Waals surface area contributed by atoms with Gasteiger partial charge in [0.15, 0.2) is 6.04 Å². The fourth-order valence-electron chi connectivity index (χ4n) is 2.08. The molecule has 0 radical (unpaired) electrons. The van der Waals surface area contributed by atoms with Crippen LogP contribution in [0.25, 0.3) is 0 Å². The van der Waals surface area contributed by atoms with Crippen molar-refractivity contribution >= 4 is 23.3 Å². The molecular formula is C17H18ClNO2. The predicted molar refractivity (Wildman–Crippen MR) is 85.7 cm³/mol. The molecule has 0 aliphatic carbocycles. The van der Waals surface area contributed by atoms with E-state index < -0.39 is 6.04 Å². The highest BCUT2D eigenvalue weighted by Gasteiger charge is 2.22. The molecule has 2 aromatic carbocycles. The van der Waals surface area contributed by atoms with Gasteiger partial charge in [0.05, 0.1) is 7.11 Å². The number of hydrogen-bond acceptors (Lipinski definition) is 3. The summed E-state index contributed by atoms with van der Waals surface area (Å²) in [5.74, 6) is -0.349. The lowest BCUT2D eigenvalue weighted by atomic mass is 10.0. The quantitative estimate of drug-likeness (QED) is 0.857. The number of halogens is 1. The summed E-state index contributed by atoms with van der Waals surface area (Å²) in [4.78, 5) is 12.1. The molecule has 2 rings (SSSR count). The molecule has 1 N–H and O–H groups in total. The smallest absolute Gasteiger partial charge is 0.332 e. The first-order chi connectivity index (χ1) is 10.0. The number of ether oxygens (including phenoxy) is 1. The summed E-state index contributed by atoms with van der Waals surface area (Å²) in [6.07, 6.45) is 0. The van der Waals surface area contributed by atoms with E-state index in [9.17, 15) is 4.79 Å². The molecule has 0 bridgehead atoms. The second-order valence-electron chi connectivity index (χ2n) is 4.92. The molecule has 0 aliphatic rings. The highest BCUT2D eigenvalue weighted by molar-refractivity contribution is 6.31. The lowest BCUT2D eigenvalue weighted by Gasteiger charge is -2.20. The lowest BCUT2D eigenvalue weighted by molar-refractivity contribution is -0.141. The van der Waals surface area contributed by atoms with Crippen LogP contribution in [0.15, 0.2) is 42.5 Å². The van der Waals surface area contributed by atoms with E-state index in [4.69, 9.17) is 16.3 Å². The number of hydrogen-bond donors (Lipinski definition) is 1. The summed E-state index contributed by atoms with van der Waals surface area (Å²) in [7, 11) is 1.38. The van der Waals surface area contributed by atoms with Gasteiger partial charge in [-0.25, -0.2) is 4.79 Å². The molecule has 1 unspecified atom stereocenters. The van der Waals surface area contributed by atoms with Gasteiger partial charge < -0.3 is 10.1 Å². The third-order valence-electron chi connectivity index (χ3n) is 3.41. The van der Waals surface area contributed by atoms with Gasteiger partial charge in [0.25, 0.3) is 0 Å². The number of carbonyl (C=O) groups excluding carboxylic acids is 1. The highest BCUT2D eigenvalue weighted by Crippen LogP contribution is 2.26. The molecule has 0 saturated carbocycles. The van der Waals surface area contributed by atoms with Crippen LogP contribution >= 0.6 is 11.6 Å². The molecule has 2 aromatic rings. The van der Waals surface area contributed by atoms with Crippen molar-refractivity contribution in [3.05, 3.63) is 64.2 Å². The van der Waals surface area contributed by atoms with Gasteiger partial charge in [-0.2, -0.15) is 0 Å². The fourth-order valence-corrected chi connectivity index (χ4v) is 2.26. The molecule has 0 fully saturated rings. The van der Waals surface area contributed by atoms with Crippen LogP contribution in [0.4, 0.5) is 5.69 Å². The van der Waals surface area contributed by atoms with E-state index in [2.05, 4.69) is 5.32 Å². The van der Waals surface area contributed by atoms with Gasteiger partial charge in [0, 0.05) is 10.7 Å². The Balaban J connectivity index is 2.37. The summed E-state index contributed by atoms with van der Waals surface area (Å²) in [5, 5.41) is 3.86. The summed E-state index contributed by atoms with van der Waals surface area (Å²) in [6.45, 7) is 3.91. The van der Waals surface area contributed by atoms with Gasteiger partial charge in [-0.1, -0.05) is 41.9 Å². The SMILES string of the molecule is COC(=O)C(Nc1ccccc1C)c1ccc(C)c(Cl)c1. The fraction of sp³-hybridized carbons (Fsp3) is 0.235. The number of carbonyl (C=O) groups is 1. The van der Waals surface area contributed by atoms with Crippen LogP contribution in [0, 0.1) is 13.8 Å². The normalized spacial score (nSPS) is 11.8. The van der Waals surface area contributed by atoms with E-state index in [0.29, 0.717) is 5.02 Å². The zero-order chi connectivity index (χ0) is 15.4. The van der Waals surface area contributed by atoms with Gasteiger partial charge in [-0.05, 0) is 42.7 Å². The molecule has 110 valence electrons. The number of esters is 1. The van der Waals surface area contributed by atoms with Crippen LogP contribution in [0.1, 0.15) is 22.7 Å². The zero-order valence-electron chi connectivity index (χ0n) is 12.3. The van der Waals surface area contributed by atoms with Crippen LogP contribution in [0.2, 0.25) is 5.02 Å². The van der Waals surface area contributed by atoms with E-state index in [-0.39, 0.29) is 5.97 Å². The Hall–Kier alpha value is -2.00. The average Bonchev–Trinajstić information content (AvgIpc) is 2.48. The first-order valence-corrected chi connectivity index (χ1v) is 7.06. The third kappa shape index (κ3) is 3.56. The van der Waals surface area contributed by atoms with Crippen molar-refractivity contribution in [3.8, 4) is 0 Å². The molecule has 3 nitrogen and oxygen atoms in total. The van der Waals surface area contributed by atoms with E-state index >= 15 is 0 Å². The standard InChI is InChI=1S/C17H18ClNO2/c1-11-8-9-13(10-14(11)18)16(17(20)21-3)19-15-7-5-4-6-12(15)2/h4-10,16,19H,1-3H3. The Bertz CT molecular complexity index is 655. The van der Waals surface area contributed by atoms with Crippen LogP contribution in [0.3, 0.4) is 0 Å². The van der Waals surface area contributed by atoms with Gasteiger partial charge >= 0.3 is 5.97 Å². The summed E-state index contributed by atoms with van der Waals surface area (Å²) in [5.41, 5.74) is 3.70. The van der Waals surface area contributed by atoms with Crippen molar-refractivity contribution in [2.24, 2.45) is 0 Å². The predicted octanol–water partition coefficient (Wildman–Crippen LogP) is 4.28. The zero-order valence-corrected chi connectivity index (χ0v) is 13.1. The monoisotopic (exact) mass is 303 g/mol. The van der Waals surface area contributed by atoms with Crippen molar-refractivity contribution in [1.82, 2.24) is 0 Å². The minimum absolute atomic E-state index is 0.349. The first-order valence-electron chi connectivity index (χ1n) is 6.69. The maximum Gasteiger partial charge on any atom is 0.332 e. The van der Waals surface area contributed by atoms with Crippen molar-refractivity contribution in [2.75, 3.05) is 12.4 Å². The number of benzene rings is 2. The van der Waals surface area contributed by atoms with Crippen molar-refractivity contribution in [3.63, 3.8) is 0 Å². The number of anilines is 1. The molecule has 0 amide bonds. The van der Waals surface area contributed by atoms with Gasteiger partial charge in [-0.15, -0.1) is 0 Å². The molecule has 0 spiro atoms. The Morgan fingerprint density at radius 1 is 1.14 bits per heavy atom. The molecule has 1 atom stereocenters. The first kappa shape index (κ1) is 15.4. The third-order valence-corrected chi connectivity index (χ3v) is 3.82. The number of methoxy groups -OCH3 is 1. The second kappa shape index (κ2) is 6.64. The van der Waals surface area contributed by atoms with Crippen LogP contribution in [0.5, 0.6) is 0 Å². The van der Waals surface area contributed by atoms with E-state index in [1.54, 1.807) is 6.07 Å². The average molecular weight is 304 g/mol. The molecule has 0 aromatic heterocycles. The van der Waals surface area contributed by atoms with Crippen molar-refractivity contribution in [1.29, 1.82) is 0 Å². The van der Waals surface area contributed by atoms with Gasteiger partial charge in [0.1, 0.15) is 0 Å². The number of rotatable bonds is 4. The highest BCUT2D eigenvalue weighted by atomic mass is 35.5. The second-order valence-corrected chi connectivity index (χ2v) is 5.33. The van der Waals surface area contributed by atoms with Crippen LogP contribution < -0.4 is 5.32 Å².